The summed E-state index contributed by atoms with van der Waals surface area (Å²) in [5.74, 6) is -2.07. The molecule has 0 aromatic heterocycles. The summed E-state index contributed by atoms with van der Waals surface area (Å²) in [4.78, 5) is 49.5. The molecular weight excluding hydrogens is 374 g/mol. The van der Waals surface area contributed by atoms with E-state index in [-0.39, 0.29) is 0 Å². The van der Waals surface area contributed by atoms with E-state index < -0.39 is 36.0 Å². The van der Waals surface area contributed by atoms with Crippen LogP contribution in [0.3, 0.4) is 0 Å². The van der Waals surface area contributed by atoms with Crippen molar-refractivity contribution >= 4 is 23.8 Å². The van der Waals surface area contributed by atoms with Gasteiger partial charge < -0.3 is 10.1 Å². The molecule has 3 rings (SSSR count). The molecule has 0 spiro atoms. The number of nitrogens with zero attached hydrogens (tertiary/aromatic N) is 1. The van der Waals surface area contributed by atoms with Crippen LogP contribution in [0.25, 0.3) is 0 Å². The second kappa shape index (κ2) is 8.14. The summed E-state index contributed by atoms with van der Waals surface area (Å²) in [7, 11) is 0. The van der Waals surface area contributed by atoms with Crippen molar-refractivity contribution in [1.82, 2.24) is 15.8 Å². The molecule has 0 aliphatic carbocycles. The summed E-state index contributed by atoms with van der Waals surface area (Å²) >= 11 is 0. The first-order chi connectivity index (χ1) is 13.9. The summed E-state index contributed by atoms with van der Waals surface area (Å²) in [5, 5.41) is 3.27. The number of rotatable bonds is 6. The van der Waals surface area contributed by atoms with Crippen LogP contribution in [-0.4, -0.2) is 35.4 Å². The van der Waals surface area contributed by atoms with Crippen molar-refractivity contribution in [2.24, 2.45) is 0 Å². The molecule has 0 saturated carbocycles. The van der Waals surface area contributed by atoms with E-state index in [1.807, 2.05) is 13.0 Å². The van der Waals surface area contributed by atoms with Gasteiger partial charge in [0.25, 0.3) is 11.8 Å². The lowest BCUT2D eigenvalue weighted by molar-refractivity contribution is -0.140. The molecule has 1 fully saturated rings. The molecule has 2 aromatic rings. The summed E-state index contributed by atoms with van der Waals surface area (Å²) in [6.45, 7) is 2.96. The average Bonchev–Trinajstić information content (AvgIpc) is 2.97. The van der Waals surface area contributed by atoms with Crippen molar-refractivity contribution in [3.8, 4) is 0 Å². The molecule has 2 N–H and O–H groups in total. The number of esters is 1. The van der Waals surface area contributed by atoms with Crippen LogP contribution in [-0.2, 0) is 19.9 Å². The molecule has 1 heterocycles. The summed E-state index contributed by atoms with van der Waals surface area (Å²) in [6.07, 6.45) is 0.302. The first kappa shape index (κ1) is 20.1. The molecule has 8 nitrogen and oxygen atoms in total. The summed E-state index contributed by atoms with van der Waals surface area (Å²) in [6, 6.07) is 14.8. The van der Waals surface area contributed by atoms with Crippen LogP contribution in [0.5, 0.6) is 0 Å². The summed E-state index contributed by atoms with van der Waals surface area (Å²) in [5.41, 5.74) is 2.75. The second-order valence-electron chi connectivity index (χ2n) is 6.68. The average molecular weight is 395 g/mol. The van der Waals surface area contributed by atoms with E-state index in [0.717, 1.165) is 5.56 Å². The molecule has 8 heteroatoms. The monoisotopic (exact) mass is 395 g/mol. The van der Waals surface area contributed by atoms with Gasteiger partial charge in [-0.15, -0.1) is 0 Å². The van der Waals surface area contributed by atoms with Crippen molar-refractivity contribution in [3.05, 3.63) is 71.3 Å². The van der Waals surface area contributed by atoms with E-state index in [2.05, 4.69) is 10.7 Å². The number of carbonyl (C=O) groups excluding carboxylic acids is 4. The predicted molar refractivity (Wildman–Crippen MR) is 103 cm³/mol. The Morgan fingerprint density at radius 2 is 1.83 bits per heavy atom. The number of carbonyl (C=O) groups is 4. The van der Waals surface area contributed by atoms with Gasteiger partial charge in [-0.05, 0) is 31.0 Å². The molecule has 150 valence electrons. The first-order valence-corrected chi connectivity index (χ1v) is 9.13. The van der Waals surface area contributed by atoms with E-state index in [1.165, 1.54) is 0 Å². The van der Waals surface area contributed by atoms with Crippen molar-refractivity contribution in [1.29, 1.82) is 0 Å². The van der Waals surface area contributed by atoms with E-state index >= 15 is 0 Å². The van der Waals surface area contributed by atoms with Crippen LogP contribution in [0.4, 0.5) is 4.79 Å². The number of hydrogen-bond donors (Lipinski definition) is 2. The van der Waals surface area contributed by atoms with E-state index in [4.69, 9.17) is 4.74 Å². The topological polar surface area (TPSA) is 105 Å². The molecule has 4 amide bonds. The summed E-state index contributed by atoms with van der Waals surface area (Å²) < 4.78 is 4.97. The number of hydrazine groups is 1. The van der Waals surface area contributed by atoms with Crippen molar-refractivity contribution < 1.29 is 23.9 Å². The lowest BCUT2D eigenvalue weighted by atomic mass is 9.87. The maximum absolute atomic E-state index is 12.9. The lowest BCUT2D eigenvalue weighted by Crippen LogP contribution is -2.49. The third-order valence-corrected chi connectivity index (χ3v) is 4.71. The third-order valence-electron chi connectivity index (χ3n) is 4.71. The fourth-order valence-electron chi connectivity index (χ4n) is 3.18. The van der Waals surface area contributed by atoms with Gasteiger partial charge in [-0.25, -0.2) is 9.59 Å². The van der Waals surface area contributed by atoms with E-state index in [1.54, 1.807) is 55.5 Å². The van der Waals surface area contributed by atoms with Gasteiger partial charge >= 0.3 is 12.0 Å². The Kier molecular flexibility index (Phi) is 5.63. The van der Waals surface area contributed by atoms with Gasteiger partial charge in [0, 0.05) is 0 Å². The number of amides is 4. The third kappa shape index (κ3) is 3.96. The number of aryl methyl sites for hydroxylation is 1. The van der Waals surface area contributed by atoms with Gasteiger partial charge in [0.1, 0.15) is 5.54 Å². The number of benzene rings is 2. The standard InChI is InChI=1S/C21H21N3O5/c1-3-21(16-10-5-4-6-11-16)19(27)24(20(28)22-21)23-17(25)13-29-18(26)15-9-7-8-14(2)12-15/h4-12H,3,13H2,1-2H3,(H,22,28)(H,23,25)/t21-/m1/s1. The largest absolute Gasteiger partial charge is 0.452 e. The first-order valence-electron chi connectivity index (χ1n) is 9.13. The zero-order valence-corrected chi connectivity index (χ0v) is 16.1. The Bertz CT molecular complexity index is 960. The molecule has 0 unspecified atom stereocenters. The Hall–Kier alpha value is -3.68. The Balaban J connectivity index is 1.65. The molecule has 2 aromatic carbocycles. The fourth-order valence-corrected chi connectivity index (χ4v) is 3.18. The van der Waals surface area contributed by atoms with Crippen LogP contribution < -0.4 is 10.7 Å². The van der Waals surface area contributed by atoms with Gasteiger partial charge in [-0.1, -0.05) is 55.0 Å². The quantitative estimate of drug-likeness (QED) is 0.575. The minimum Gasteiger partial charge on any atom is -0.452 e. The second-order valence-corrected chi connectivity index (χ2v) is 6.68. The SMILES string of the molecule is CC[C@]1(c2ccccc2)NC(=O)N(NC(=O)COC(=O)c2cccc(C)c2)C1=O. The fraction of sp³-hybridized carbons (Fsp3) is 0.238. The highest BCUT2D eigenvalue weighted by Crippen LogP contribution is 2.31. The molecule has 29 heavy (non-hydrogen) atoms. The number of urea groups is 1. The lowest BCUT2D eigenvalue weighted by Gasteiger charge is -2.25. The van der Waals surface area contributed by atoms with Gasteiger partial charge in [-0.3, -0.25) is 15.0 Å². The molecule has 0 bridgehead atoms. The van der Waals surface area contributed by atoms with Crippen molar-refractivity contribution in [2.45, 2.75) is 25.8 Å². The number of hydrogen-bond acceptors (Lipinski definition) is 5. The number of nitrogens with one attached hydrogen (secondary N) is 2. The Morgan fingerprint density at radius 3 is 2.48 bits per heavy atom. The Morgan fingerprint density at radius 1 is 1.10 bits per heavy atom. The van der Waals surface area contributed by atoms with E-state index in [0.29, 0.717) is 22.6 Å². The zero-order valence-electron chi connectivity index (χ0n) is 16.1. The van der Waals surface area contributed by atoms with Crippen molar-refractivity contribution in [2.75, 3.05) is 6.61 Å². The minimum absolute atomic E-state index is 0.302. The Labute approximate surface area is 167 Å². The van der Waals surface area contributed by atoms with Crippen LogP contribution in [0.2, 0.25) is 0 Å². The smallest absolute Gasteiger partial charge is 0.344 e. The molecule has 0 radical (unpaired) electrons. The van der Waals surface area contributed by atoms with E-state index in [9.17, 15) is 19.2 Å². The predicted octanol–water partition coefficient (Wildman–Crippen LogP) is 2.04. The normalized spacial score (nSPS) is 18.3. The zero-order chi connectivity index (χ0) is 21.0. The molecular formula is C21H21N3O5. The molecule has 1 atom stereocenters. The van der Waals surface area contributed by atoms with Crippen LogP contribution in [0.1, 0.15) is 34.8 Å². The van der Waals surface area contributed by atoms with Gasteiger partial charge in [0.2, 0.25) is 0 Å². The molecule has 1 aliphatic rings. The number of ether oxygens (including phenoxy) is 1. The van der Waals surface area contributed by atoms with Crippen LogP contribution in [0, 0.1) is 6.92 Å². The maximum atomic E-state index is 12.9. The van der Waals surface area contributed by atoms with Crippen LogP contribution in [0.15, 0.2) is 54.6 Å². The highest BCUT2D eigenvalue weighted by molar-refractivity contribution is 6.08. The minimum atomic E-state index is -1.26. The molecule has 1 saturated heterocycles. The maximum Gasteiger partial charge on any atom is 0.344 e. The highest BCUT2D eigenvalue weighted by atomic mass is 16.5. The van der Waals surface area contributed by atoms with Gasteiger partial charge in [0.05, 0.1) is 5.56 Å². The van der Waals surface area contributed by atoms with Crippen molar-refractivity contribution in [3.63, 3.8) is 0 Å². The van der Waals surface area contributed by atoms with Gasteiger partial charge in [-0.2, -0.15) is 5.01 Å². The molecule has 1 aliphatic heterocycles. The van der Waals surface area contributed by atoms with Crippen LogP contribution >= 0.6 is 0 Å². The highest BCUT2D eigenvalue weighted by Gasteiger charge is 2.52. The van der Waals surface area contributed by atoms with Gasteiger partial charge in [0.15, 0.2) is 6.61 Å². The number of imide groups is 1.